The number of rotatable bonds is 12. The summed E-state index contributed by atoms with van der Waals surface area (Å²) >= 11 is 12.0. The summed E-state index contributed by atoms with van der Waals surface area (Å²) in [5.74, 6) is 0.0687. The standard InChI is InChI=1S/C24H28Cl2N2O3S/c25-20-12-19(13-21(26)14-20)10-4-1-2-7-11-27-22(29)16-28-23(30)15-24(28)32(31)17-18-8-5-3-6-9-18/h3,5-6,8-9,12-14,24H,1-2,4,7,10-11,15-17H2,(H,27,29). The molecule has 8 heteroatoms. The molecule has 1 aliphatic rings. The van der Waals surface area contributed by atoms with Crippen LogP contribution in [0.3, 0.4) is 0 Å². The van der Waals surface area contributed by atoms with E-state index in [2.05, 4.69) is 5.32 Å². The molecule has 2 amide bonds. The Kier molecular flexibility index (Phi) is 9.57. The van der Waals surface area contributed by atoms with Gasteiger partial charge in [-0.1, -0.05) is 66.4 Å². The van der Waals surface area contributed by atoms with Crippen LogP contribution >= 0.6 is 23.2 Å². The number of carbonyl (C=O) groups is 2. The number of hydrogen-bond donors (Lipinski definition) is 1. The van der Waals surface area contributed by atoms with Gasteiger partial charge < -0.3 is 10.2 Å². The third-order valence-electron chi connectivity index (χ3n) is 5.42. The van der Waals surface area contributed by atoms with Crippen LogP contribution in [-0.4, -0.2) is 39.4 Å². The van der Waals surface area contributed by atoms with E-state index in [9.17, 15) is 13.8 Å². The van der Waals surface area contributed by atoms with Crippen molar-refractivity contribution < 1.29 is 13.8 Å². The molecular weight excluding hydrogens is 467 g/mol. The number of benzene rings is 2. The second kappa shape index (κ2) is 12.4. The van der Waals surface area contributed by atoms with Crippen molar-refractivity contribution in [3.05, 3.63) is 69.7 Å². The molecule has 0 spiro atoms. The van der Waals surface area contributed by atoms with Crippen LogP contribution < -0.4 is 5.32 Å². The molecule has 2 aromatic carbocycles. The molecular formula is C24H28Cl2N2O3S. The van der Waals surface area contributed by atoms with Crippen LogP contribution in [0.25, 0.3) is 0 Å². The highest BCUT2D eigenvalue weighted by molar-refractivity contribution is 7.85. The van der Waals surface area contributed by atoms with Gasteiger partial charge in [-0.25, -0.2) is 0 Å². The van der Waals surface area contributed by atoms with Crippen LogP contribution in [0.1, 0.15) is 43.2 Å². The first kappa shape index (κ1) is 24.7. The summed E-state index contributed by atoms with van der Waals surface area (Å²) in [6.45, 7) is 0.543. The first-order chi connectivity index (χ1) is 15.4. The average Bonchev–Trinajstić information content (AvgIpc) is 2.75. The van der Waals surface area contributed by atoms with Crippen molar-refractivity contribution in [3.63, 3.8) is 0 Å². The number of carbonyl (C=O) groups excluding carboxylic acids is 2. The van der Waals surface area contributed by atoms with Gasteiger partial charge in [0, 0.05) is 27.4 Å². The number of unbranched alkanes of at least 4 members (excludes halogenated alkanes) is 3. The van der Waals surface area contributed by atoms with Crippen LogP contribution in [0.15, 0.2) is 48.5 Å². The summed E-state index contributed by atoms with van der Waals surface area (Å²) in [6, 6.07) is 15.1. The summed E-state index contributed by atoms with van der Waals surface area (Å²) in [5, 5.41) is 3.80. The Bertz CT molecular complexity index is 935. The minimum absolute atomic E-state index is 0.0282. The zero-order valence-electron chi connectivity index (χ0n) is 17.9. The number of amides is 2. The molecule has 0 radical (unpaired) electrons. The second-order valence-corrected chi connectivity index (χ2v) is 10.5. The van der Waals surface area contributed by atoms with E-state index in [-0.39, 0.29) is 30.2 Å². The van der Waals surface area contributed by atoms with Crippen LogP contribution in [0.2, 0.25) is 10.0 Å². The summed E-state index contributed by atoms with van der Waals surface area (Å²) in [6.07, 6.45) is 5.11. The number of likely N-dealkylation sites (tertiary alicyclic amines) is 1. The van der Waals surface area contributed by atoms with Crippen molar-refractivity contribution in [2.24, 2.45) is 0 Å². The SMILES string of the molecule is O=C(CN1C(=O)CC1S(=O)Cc1ccccc1)NCCCCCCc1cc(Cl)cc(Cl)c1. The van der Waals surface area contributed by atoms with Crippen molar-refractivity contribution in [2.75, 3.05) is 13.1 Å². The lowest BCUT2D eigenvalue weighted by molar-refractivity contribution is -0.145. The lowest BCUT2D eigenvalue weighted by Gasteiger charge is -2.39. The first-order valence-electron chi connectivity index (χ1n) is 10.8. The van der Waals surface area contributed by atoms with E-state index in [0.717, 1.165) is 43.2 Å². The molecule has 32 heavy (non-hydrogen) atoms. The molecule has 1 aliphatic heterocycles. The Balaban J connectivity index is 1.29. The van der Waals surface area contributed by atoms with E-state index in [1.807, 2.05) is 42.5 Å². The molecule has 1 heterocycles. The second-order valence-electron chi connectivity index (χ2n) is 7.98. The highest BCUT2D eigenvalue weighted by Crippen LogP contribution is 2.24. The Morgan fingerprint density at radius 3 is 2.38 bits per heavy atom. The van der Waals surface area contributed by atoms with E-state index in [4.69, 9.17) is 23.2 Å². The number of nitrogens with zero attached hydrogens (tertiary/aromatic N) is 1. The molecule has 1 fully saturated rings. The summed E-state index contributed by atoms with van der Waals surface area (Å²) in [4.78, 5) is 25.6. The minimum Gasteiger partial charge on any atom is -0.355 e. The van der Waals surface area contributed by atoms with Crippen LogP contribution in [0.4, 0.5) is 0 Å². The van der Waals surface area contributed by atoms with Crippen molar-refractivity contribution in [1.29, 1.82) is 0 Å². The van der Waals surface area contributed by atoms with Gasteiger partial charge in [-0.15, -0.1) is 0 Å². The third-order valence-corrected chi connectivity index (χ3v) is 7.51. The predicted molar refractivity (Wildman–Crippen MR) is 130 cm³/mol. The molecule has 0 aliphatic carbocycles. The Morgan fingerprint density at radius 2 is 1.69 bits per heavy atom. The number of halogens is 2. The zero-order chi connectivity index (χ0) is 22.9. The van der Waals surface area contributed by atoms with Gasteiger partial charge in [0.15, 0.2) is 0 Å². The quantitative estimate of drug-likeness (QED) is 0.342. The first-order valence-corrected chi connectivity index (χ1v) is 13.0. The van der Waals surface area contributed by atoms with Gasteiger partial charge in [0.2, 0.25) is 11.8 Å². The van der Waals surface area contributed by atoms with Crippen LogP contribution in [-0.2, 0) is 32.6 Å². The minimum atomic E-state index is -1.22. The zero-order valence-corrected chi connectivity index (χ0v) is 20.2. The molecule has 1 N–H and O–H groups in total. The highest BCUT2D eigenvalue weighted by atomic mass is 35.5. The van der Waals surface area contributed by atoms with Gasteiger partial charge in [-0.2, -0.15) is 0 Å². The fraction of sp³-hybridized carbons (Fsp3) is 0.417. The Morgan fingerprint density at radius 1 is 1.00 bits per heavy atom. The molecule has 1 saturated heterocycles. The predicted octanol–water partition coefficient (Wildman–Crippen LogP) is 4.72. The van der Waals surface area contributed by atoms with E-state index < -0.39 is 10.8 Å². The van der Waals surface area contributed by atoms with Gasteiger partial charge in [0.1, 0.15) is 11.9 Å². The molecule has 172 valence electrons. The molecule has 0 aromatic heterocycles. The van der Waals surface area contributed by atoms with E-state index >= 15 is 0 Å². The molecule has 5 nitrogen and oxygen atoms in total. The average molecular weight is 495 g/mol. The lowest BCUT2D eigenvalue weighted by atomic mass is 10.1. The molecule has 2 unspecified atom stereocenters. The van der Waals surface area contributed by atoms with Crippen LogP contribution in [0.5, 0.6) is 0 Å². The number of aryl methyl sites for hydroxylation is 1. The topological polar surface area (TPSA) is 66.5 Å². The van der Waals surface area contributed by atoms with Crippen molar-refractivity contribution in [3.8, 4) is 0 Å². The maximum atomic E-state index is 12.6. The van der Waals surface area contributed by atoms with Crippen LogP contribution in [0, 0.1) is 0 Å². The lowest BCUT2D eigenvalue weighted by Crippen LogP contribution is -2.57. The summed E-state index contributed by atoms with van der Waals surface area (Å²) in [7, 11) is -1.22. The molecule has 0 saturated carbocycles. The molecule has 2 aromatic rings. The van der Waals surface area contributed by atoms with E-state index in [1.54, 1.807) is 6.07 Å². The van der Waals surface area contributed by atoms with Gasteiger partial charge >= 0.3 is 0 Å². The fourth-order valence-electron chi connectivity index (χ4n) is 3.69. The fourth-order valence-corrected chi connectivity index (χ4v) is 5.77. The normalized spacial score (nSPS) is 16.5. The smallest absolute Gasteiger partial charge is 0.239 e. The highest BCUT2D eigenvalue weighted by Gasteiger charge is 2.40. The maximum absolute atomic E-state index is 12.6. The summed E-state index contributed by atoms with van der Waals surface area (Å²) < 4.78 is 12.6. The third kappa shape index (κ3) is 7.61. The maximum Gasteiger partial charge on any atom is 0.239 e. The van der Waals surface area contributed by atoms with Gasteiger partial charge in [-0.05, 0) is 48.6 Å². The van der Waals surface area contributed by atoms with Crippen molar-refractivity contribution in [2.45, 2.75) is 49.7 Å². The number of hydrogen-bond acceptors (Lipinski definition) is 3. The van der Waals surface area contributed by atoms with E-state index in [1.165, 1.54) is 4.90 Å². The number of nitrogens with one attached hydrogen (secondary N) is 1. The molecule has 3 rings (SSSR count). The van der Waals surface area contributed by atoms with Gasteiger partial charge in [0.25, 0.3) is 0 Å². The Labute approximate surface area is 201 Å². The Hall–Kier alpha value is -1.89. The van der Waals surface area contributed by atoms with Crippen molar-refractivity contribution in [1.82, 2.24) is 10.2 Å². The van der Waals surface area contributed by atoms with Crippen molar-refractivity contribution >= 4 is 45.8 Å². The largest absolute Gasteiger partial charge is 0.355 e. The van der Waals surface area contributed by atoms with Gasteiger partial charge in [-0.3, -0.25) is 13.8 Å². The molecule has 0 bridgehead atoms. The van der Waals surface area contributed by atoms with E-state index in [0.29, 0.717) is 22.3 Å². The van der Waals surface area contributed by atoms with Gasteiger partial charge in [0.05, 0.1) is 12.2 Å². The summed E-state index contributed by atoms with van der Waals surface area (Å²) in [5.41, 5.74) is 2.10. The number of β-lactam (4-membered cyclic amide) rings is 1. The molecule has 2 atom stereocenters. The monoisotopic (exact) mass is 494 g/mol.